The largest absolute Gasteiger partial charge is 0.397 e. The van der Waals surface area contributed by atoms with Crippen LogP contribution >= 0.6 is 0 Å². The number of hydrogen-bond acceptors (Lipinski definition) is 4. The van der Waals surface area contributed by atoms with Crippen LogP contribution in [0.1, 0.15) is 16.1 Å². The maximum absolute atomic E-state index is 11.8. The average molecular weight is 228 g/mol. The summed E-state index contributed by atoms with van der Waals surface area (Å²) in [5.41, 5.74) is 7.48. The fourth-order valence-corrected chi connectivity index (χ4v) is 1.33. The summed E-state index contributed by atoms with van der Waals surface area (Å²) in [6.45, 7) is 1.79. The van der Waals surface area contributed by atoms with Crippen molar-refractivity contribution in [1.82, 2.24) is 9.97 Å². The van der Waals surface area contributed by atoms with Crippen molar-refractivity contribution in [3.8, 4) is 0 Å². The molecule has 86 valence electrons. The van der Waals surface area contributed by atoms with Crippen LogP contribution in [0.5, 0.6) is 0 Å². The highest BCUT2D eigenvalue weighted by molar-refractivity contribution is 6.03. The smallest absolute Gasteiger partial charge is 0.256 e. The van der Waals surface area contributed by atoms with Crippen LogP contribution in [-0.2, 0) is 0 Å². The number of anilines is 2. The molecule has 2 heterocycles. The number of nitrogens with two attached hydrogens (primary N) is 1. The van der Waals surface area contributed by atoms with Crippen LogP contribution in [0.25, 0.3) is 0 Å². The molecule has 0 saturated carbocycles. The fourth-order valence-electron chi connectivity index (χ4n) is 1.33. The second-order valence-corrected chi connectivity index (χ2v) is 3.56. The Morgan fingerprint density at radius 1 is 1.24 bits per heavy atom. The zero-order valence-corrected chi connectivity index (χ0v) is 9.34. The number of aromatic nitrogens is 2. The van der Waals surface area contributed by atoms with Crippen molar-refractivity contribution >= 4 is 17.4 Å². The third-order valence-electron chi connectivity index (χ3n) is 2.31. The first-order valence-corrected chi connectivity index (χ1v) is 5.11. The molecule has 0 spiro atoms. The van der Waals surface area contributed by atoms with Gasteiger partial charge < -0.3 is 11.1 Å². The zero-order valence-electron chi connectivity index (χ0n) is 9.34. The third-order valence-corrected chi connectivity index (χ3v) is 2.31. The van der Waals surface area contributed by atoms with Gasteiger partial charge in [0.15, 0.2) is 0 Å². The highest BCUT2D eigenvalue weighted by Crippen LogP contribution is 2.12. The molecule has 2 aromatic rings. The number of nitrogens with one attached hydrogen (secondary N) is 1. The molecule has 0 aliphatic carbocycles. The van der Waals surface area contributed by atoms with E-state index in [4.69, 9.17) is 5.73 Å². The summed E-state index contributed by atoms with van der Waals surface area (Å²) in [6, 6.07) is 6.66. The van der Waals surface area contributed by atoms with Gasteiger partial charge in [0.05, 0.1) is 11.4 Å². The van der Waals surface area contributed by atoms with Crippen LogP contribution in [0.4, 0.5) is 11.5 Å². The number of carbonyl (C=O) groups excluding carboxylic acids is 1. The Balaban J connectivity index is 2.16. The highest BCUT2D eigenvalue weighted by atomic mass is 16.1. The summed E-state index contributed by atoms with van der Waals surface area (Å²) in [7, 11) is 0. The Hall–Kier alpha value is -2.43. The maximum Gasteiger partial charge on any atom is 0.256 e. The first-order chi connectivity index (χ1) is 8.16. The molecular weight excluding hydrogens is 216 g/mol. The topological polar surface area (TPSA) is 80.9 Å². The monoisotopic (exact) mass is 228 g/mol. The molecule has 0 aromatic carbocycles. The van der Waals surface area contributed by atoms with E-state index in [1.54, 1.807) is 43.6 Å². The third kappa shape index (κ3) is 2.57. The van der Waals surface area contributed by atoms with Gasteiger partial charge in [0, 0.05) is 18.0 Å². The molecule has 0 radical (unpaired) electrons. The SMILES string of the molecule is Cc1nc(NC(=O)c2ccncc2)ccc1N. The number of pyridine rings is 2. The normalized spacial score (nSPS) is 9.94. The first-order valence-electron chi connectivity index (χ1n) is 5.11. The zero-order chi connectivity index (χ0) is 12.3. The molecule has 5 heteroatoms. The van der Waals surface area contributed by atoms with Crippen LogP contribution in [0.2, 0.25) is 0 Å². The Kier molecular flexibility index (Phi) is 3.00. The van der Waals surface area contributed by atoms with Gasteiger partial charge in [-0.2, -0.15) is 0 Å². The molecule has 5 nitrogen and oxygen atoms in total. The fraction of sp³-hybridized carbons (Fsp3) is 0.0833. The number of rotatable bonds is 2. The van der Waals surface area contributed by atoms with E-state index < -0.39 is 0 Å². The van der Waals surface area contributed by atoms with Gasteiger partial charge in [-0.25, -0.2) is 4.98 Å². The standard InChI is InChI=1S/C12H12N4O/c1-8-10(13)2-3-11(15-8)16-12(17)9-4-6-14-7-5-9/h2-7H,13H2,1H3,(H,15,16,17). The van der Waals surface area contributed by atoms with Crippen molar-refractivity contribution in [3.05, 3.63) is 47.9 Å². The minimum atomic E-state index is -0.218. The predicted octanol–water partition coefficient (Wildman–Crippen LogP) is 1.62. The predicted molar refractivity (Wildman–Crippen MR) is 65.6 cm³/mol. The van der Waals surface area contributed by atoms with Gasteiger partial charge in [-0.15, -0.1) is 0 Å². The van der Waals surface area contributed by atoms with E-state index in [0.717, 1.165) is 0 Å². The Bertz CT molecular complexity index is 539. The van der Waals surface area contributed by atoms with Crippen molar-refractivity contribution in [3.63, 3.8) is 0 Å². The lowest BCUT2D eigenvalue weighted by Crippen LogP contribution is -2.13. The molecule has 3 N–H and O–H groups in total. The summed E-state index contributed by atoms with van der Waals surface area (Å²) in [4.78, 5) is 19.8. The Morgan fingerprint density at radius 3 is 2.59 bits per heavy atom. The number of nitrogens with zero attached hydrogens (tertiary/aromatic N) is 2. The van der Waals surface area contributed by atoms with Gasteiger partial charge in [0.25, 0.3) is 5.91 Å². The molecule has 0 bridgehead atoms. The molecular formula is C12H12N4O. The second-order valence-electron chi connectivity index (χ2n) is 3.56. The van der Waals surface area contributed by atoms with E-state index in [1.165, 1.54) is 0 Å². The van der Waals surface area contributed by atoms with Gasteiger partial charge >= 0.3 is 0 Å². The summed E-state index contributed by atoms with van der Waals surface area (Å²) in [6.07, 6.45) is 3.13. The molecule has 2 aromatic heterocycles. The molecule has 1 amide bonds. The van der Waals surface area contributed by atoms with Crippen molar-refractivity contribution in [2.24, 2.45) is 0 Å². The van der Waals surface area contributed by atoms with Gasteiger partial charge in [-0.05, 0) is 31.2 Å². The minimum absolute atomic E-state index is 0.218. The van der Waals surface area contributed by atoms with Crippen molar-refractivity contribution in [2.75, 3.05) is 11.1 Å². The summed E-state index contributed by atoms with van der Waals surface area (Å²) < 4.78 is 0. The van der Waals surface area contributed by atoms with Crippen molar-refractivity contribution in [2.45, 2.75) is 6.92 Å². The number of hydrogen-bond donors (Lipinski definition) is 2. The highest BCUT2D eigenvalue weighted by Gasteiger charge is 2.06. The van der Waals surface area contributed by atoms with Crippen LogP contribution in [0.15, 0.2) is 36.7 Å². The quantitative estimate of drug-likeness (QED) is 0.818. The van der Waals surface area contributed by atoms with Crippen LogP contribution in [0, 0.1) is 6.92 Å². The number of aryl methyl sites for hydroxylation is 1. The van der Waals surface area contributed by atoms with Crippen molar-refractivity contribution < 1.29 is 4.79 Å². The van der Waals surface area contributed by atoms with E-state index >= 15 is 0 Å². The molecule has 2 rings (SSSR count). The van der Waals surface area contributed by atoms with Crippen molar-refractivity contribution in [1.29, 1.82) is 0 Å². The lowest BCUT2D eigenvalue weighted by molar-refractivity contribution is 0.102. The van der Waals surface area contributed by atoms with E-state index in [-0.39, 0.29) is 5.91 Å². The second kappa shape index (κ2) is 4.61. The number of nitrogen functional groups attached to an aromatic ring is 1. The van der Waals surface area contributed by atoms with E-state index in [1.807, 2.05) is 0 Å². The molecule has 0 fully saturated rings. The molecule has 0 atom stereocenters. The minimum Gasteiger partial charge on any atom is -0.397 e. The van der Waals surface area contributed by atoms with Crippen LogP contribution in [0.3, 0.4) is 0 Å². The molecule has 0 saturated heterocycles. The average Bonchev–Trinajstić information content (AvgIpc) is 2.35. The number of amides is 1. The molecule has 0 aliphatic rings. The van der Waals surface area contributed by atoms with Gasteiger partial charge in [-0.3, -0.25) is 9.78 Å². The lowest BCUT2D eigenvalue weighted by atomic mass is 10.2. The van der Waals surface area contributed by atoms with Gasteiger partial charge in [-0.1, -0.05) is 0 Å². The summed E-state index contributed by atoms with van der Waals surface area (Å²) in [5.74, 6) is 0.266. The number of carbonyl (C=O) groups is 1. The van der Waals surface area contributed by atoms with Gasteiger partial charge in [0.2, 0.25) is 0 Å². The van der Waals surface area contributed by atoms with E-state index in [2.05, 4.69) is 15.3 Å². The lowest BCUT2D eigenvalue weighted by Gasteiger charge is -2.06. The van der Waals surface area contributed by atoms with Gasteiger partial charge in [0.1, 0.15) is 5.82 Å². The van der Waals surface area contributed by atoms with Crippen LogP contribution < -0.4 is 11.1 Å². The van der Waals surface area contributed by atoms with Crippen LogP contribution in [-0.4, -0.2) is 15.9 Å². The summed E-state index contributed by atoms with van der Waals surface area (Å²) in [5, 5.41) is 2.69. The van der Waals surface area contributed by atoms with E-state index in [9.17, 15) is 4.79 Å². The maximum atomic E-state index is 11.8. The summed E-state index contributed by atoms with van der Waals surface area (Å²) >= 11 is 0. The molecule has 0 aliphatic heterocycles. The molecule has 0 unspecified atom stereocenters. The Morgan fingerprint density at radius 2 is 1.94 bits per heavy atom. The van der Waals surface area contributed by atoms with E-state index in [0.29, 0.717) is 22.8 Å². The Labute approximate surface area is 98.7 Å². The first kappa shape index (κ1) is 11.1. The molecule has 17 heavy (non-hydrogen) atoms.